The molecule has 0 fully saturated rings. The Morgan fingerprint density at radius 1 is 0.851 bits per heavy atom. The minimum absolute atomic E-state index is 0.226. The number of fused-ring (bicyclic) bond motifs is 1. The van der Waals surface area contributed by atoms with Crippen LogP contribution in [-0.4, -0.2) is 42.5 Å². The molecular weight excluding hydrogens is 653 g/mol. The van der Waals surface area contributed by atoms with E-state index in [2.05, 4.69) is 29.1 Å². The Morgan fingerprint density at radius 3 is 2.36 bits per heavy atom. The number of hydrogen-bond acceptors (Lipinski definition) is 7. The summed E-state index contributed by atoms with van der Waals surface area (Å²) in [6.45, 7) is 4.64. The van der Waals surface area contributed by atoms with Gasteiger partial charge in [0.05, 0.1) is 0 Å². The zero-order valence-electron chi connectivity index (χ0n) is 25.8. The Bertz CT molecular complexity index is 2050. The maximum absolute atomic E-state index is 13.4. The van der Waals surface area contributed by atoms with Crippen LogP contribution in [0.2, 0.25) is 0 Å². The standard InChI is InChI=1S/C37H31AsN5O4/c1-23(2)31-18-17-29-34(40-22-41-36(29)42-31)38-30-20-25(37(45)43-32-11-7-6-10-28(32)35(39)44)12-19-33(30)47-27-15-13-26(14-16-27)46-21-24-8-4-3-5-9-24/h3-20,22-23H,21H2,1-2H3,(H2,39,44)(H,43,45). The van der Waals surface area contributed by atoms with Crippen molar-refractivity contribution in [3.8, 4) is 17.2 Å². The fourth-order valence-corrected chi connectivity index (χ4v) is 7.01. The molecule has 1 radical (unpaired) electrons. The number of para-hydroxylation sites is 1. The summed E-state index contributed by atoms with van der Waals surface area (Å²) in [5.41, 5.74) is 9.14. The minimum atomic E-state index is -0.778. The van der Waals surface area contributed by atoms with Gasteiger partial charge in [0.2, 0.25) is 0 Å². The molecule has 233 valence electrons. The van der Waals surface area contributed by atoms with Gasteiger partial charge in [-0.1, -0.05) is 6.07 Å². The van der Waals surface area contributed by atoms with Crippen molar-refractivity contribution in [2.75, 3.05) is 5.32 Å². The second-order valence-electron chi connectivity index (χ2n) is 11.0. The average molecular weight is 685 g/mol. The molecule has 0 saturated heterocycles. The van der Waals surface area contributed by atoms with Crippen molar-refractivity contribution in [3.05, 3.63) is 138 Å². The normalized spacial score (nSPS) is 11.2. The summed E-state index contributed by atoms with van der Waals surface area (Å²) >= 11 is -0.778. The van der Waals surface area contributed by atoms with Crippen LogP contribution >= 0.6 is 0 Å². The zero-order valence-corrected chi connectivity index (χ0v) is 27.6. The van der Waals surface area contributed by atoms with Crippen molar-refractivity contribution in [1.82, 2.24) is 15.0 Å². The van der Waals surface area contributed by atoms with Gasteiger partial charge in [-0.05, 0) is 0 Å². The number of primary amides is 1. The van der Waals surface area contributed by atoms with Gasteiger partial charge in [-0.25, -0.2) is 0 Å². The van der Waals surface area contributed by atoms with Crippen LogP contribution in [0, 0.1) is 0 Å². The molecule has 6 aromatic rings. The molecule has 0 unspecified atom stereocenters. The second-order valence-corrected chi connectivity index (χ2v) is 13.3. The topological polar surface area (TPSA) is 129 Å². The Kier molecular flexibility index (Phi) is 9.55. The van der Waals surface area contributed by atoms with E-state index in [1.54, 1.807) is 42.5 Å². The van der Waals surface area contributed by atoms with Gasteiger partial charge >= 0.3 is 274 Å². The van der Waals surface area contributed by atoms with Crippen LogP contribution < -0.4 is 29.4 Å². The number of amides is 2. The van der Waals surface area contributed by atoms with Gasteiger partial charge in [0, 0.05) is 0 Å². The molecule has 2 heterocycles. The first kappa shape index (κ1) is 31.5. The van der Waals surface area contributed by atoms with E-state index in [9.17, 15) is 9.59 Å². The van der Waals surface area contributed by atoms with Crippen molar-refractivity contribution >= 4 is 53.1 Å². The third-order valence-electron chi connectivity index (χ3n) is 7.28. The van der Waals surface area contributed by atoms with Crippen LogP contribution in [0.25, 0.3) is 11.0 Å². The first-order chi connectivity index (χ1) is 22.8. The summed E-state index contributed by atoms with van der Waals surface area (Å²) in [6.07, 6.45) is 1.52. The Morgan fingerprint density at radius 2 is 1.60 bits per heavy atom. The van der Waals surface area contributed by atoms with Crippen molar-refractivity contribution < 1.29 is 19.1 Å². The summed E-state index contributed by atoms with van der Waals surface area (Å²) in [4.78, 5) is 39.2. The SMILES string of the molecule is CC(C)c1ccc2c([As]c3cc(C(=O)Nc4ccccc4C(N)=O)ccc3Oc3ccc(OCc4ccccc4)cc3)ncnc2n1. The number of benzene rings is 4. The Hall–Kier alpha value is -5.53. The number of pyridine rings is 1. The van der Waals surface area contributed by atoms with Crippen molar-refractivity contribution in [1.29, 1.82) is 0 Å². The molecule has 0 saturated carbocycles. The first-order valence-electron chi connectivity index (χ1n) is 15.0. The van der Waals surface area contributed by atoms with Crippen LogP contribution in [0.15, 0.2) is 116 Å². The number of rotatable bonds is 11. The van der Waals surface area contributed by atoms with Crippen LogP contribution in [0.1, 0.15) is 51.7 Å². The number of hydrogen-bond donors (Lipinski definition) is 2. The number of nitrogens with one attached hydrogen (secondary N) is 1. The molecule has 9 nitrogen and oxygen atoms in total. The van der Waals surface area contributed by atoms with Crippen LogP contribution in [0.4, 0.5) is 5.69 Å². The fraction of sp³-hybridized carbons (Fsp3) is 0.108. The molecule has 10 heteroatoms. The van der Waals surface area contributed by atoms with Gasteiger partial charge in [-0.15, -0.1) is 0 Å². The molecule has 0 aliphatic rings. The third-order valence-corrected chi connectivity index (χ3v) is 9.71. The van der Waals surface area contributed by atoms with Gasteiger partial charge in [0.25, 0.3) is 0 Å². The number of nitrogens with zero attached hydrogens (tertiary/aromatic N) is 3. The van der Waals surface area contributed by atoms with Crippen LogP contribution in [-0.2, 0) is 6.61 Å². The van der Waals surface area contributed by atoms with E-state index in [-0.39, 0.29) is 17.4 Å². The monoisotopic (exact) mass is 684 g/mol. The number of ether oxygens (including phenoxy) is 2. The molecule has 3 N–H and O–H groups in total. The van der Waals surface area contributed by atoms with E-state index in [0.717, 1.165) is 31.2 Å². The average Bonchev–Trinajstić information content (AvgIpc) is 3.09. The molecule has 4 aromatic carbocycles. The predicted octanol–water partition coefficient (Wildman–Crippen LogP) is 5.53. The second kappa shape index (κ2) is 14.3. The molecule has 2 aromatic heterocycles. The van der Waals surface area contributed by atoms with E-state index in [4.69, 9.17) is 20.2 Å². The summed E-state index contributed by atoms with van der Waals surface area (Å²) in [5, 5.41) is 3.68. The molecule has 0 spiro atoms. The number of nitrogens with two attached hydrogens (primary N) is 1. The summed E-state index contributed by atoms with van der Waals surface area (Å²) in [7, 11) is 0. The quantitative estimate of drug-likeness (QED) is 0.172. The van der Waals surface area contributed by atoms with Gasteiger partial charge in [-0.2, -0.15) is 0 Å². The molecule has 6 rings (SSSR count). The predicted molar refractivity (Wildman–Crippen MR) is 183 cm³/mol. The molecule has 47 heavy (non-hydrogen) atoms. The van der Waals surface area contributed by atoms with E-state index < -0.39 is 21.7 Å². The van der Waals surface area contributed by atoms with E-state index in [1.807, 2.05) is 66.7 Å². The Labute approximate surface area is 278 Å². The number of carbonyl (C=O) groups is 2. The molecule has 0 atom stereocenters. The third kappa shape index (κ3) is 7.65. The summed E-state index contributed by atoms with van der Waals surface area (Å²) in [5.74, 6) is 1.17. The van der Waals surface area contributed by atoms with Gasteiger partial charge in [0.1, 0.15) is 0 Å². The van der Waals surface area contributed by atoms with E-state index >= 15 is 0 Å². The number of aromatic nitrogens is 3. The van der Waals surface area contributed by atoms with Crippen molar-refractivity contribution in [2.45, 2.75) is 26.4 Å². The van der Waals surface area contributed by atoms with Crippen LogP contribution in [0.5, 0.6) is 17.2 Å². The molecule has 0 aliphatic heterocycles. The summed E-state index contributed by atoms with van der Waals surface area (Å²) < 4.78 is 14.0. The maximum atomic E-state index is 13.4. The van der Waals surface area contributed by atoms with Crippen LogP contribution in [0.3, 0.4) is 0 Å². The number of carbonyl (C=O) groups excluding carboxylic acids is 2. The molecule has 0 bridgehead atoms. The van der Waals surface area contributed by atoms with E-state index in [0.29, 0.717) is 35.0 Å². The number of anilines is 1. The molecule has 0 aliphatic carbocycles. The zero-order chi connectivity index (χ0) is 32.8. The first-order valence-corrected chi connectivity index (χ1v) is 16.8. The molecule has 2 amide bonds. The van der Waals surface area contributed by atoms with Gasteiger partial charge in [-0.3, -0.25) is 0 Å². The van der Waals surface area contributed by atoms with Gasteiger partial charge in [0.15, 0.2) is 0 Å². The Balaban J connectivity index is 1.30. The fourth-order valence-electron chi connectivity index (χ4n) is 4.77. The van der Waals surface area contributed by atoms with Crippen molar-refractivity contribution in [3.63, 3.8) is 0 Å². The van der Waals surface area contributed by atoms with Crippen molar-refractivity contribution in [2.24, 2.45) is 5.73 Å². The van der Waals surface area contributed by atoms with Gasteiger partial charge < -0.3 is 0 Å². The van der Waals surface area contributed by atoms with E-state index in [1.165, 1.54) is 6.33 Å². The summed E-state index contributed by atoms with van der Waals surface area (Å²) in [6, 6.07) is 33.3. The molecular formula is C37H31AsN5O4.